The van der Waals surface area contributed by atoms with Crippen LogP contribution in [0.25, 0.3) is 27.6 Å². The number of fused-ring (bicyclic) bond motifs is 2. The first-order valence-electron chi connectivity index (χ1n) is 8.57. The number of carbonyl (C=O) groups excluding carboxylic acids is 1. The van der Waals surface area contributed by atoms with Crippen LogP contribution < -0.4 is 0 Å². The van der Waals surface area contributed by atoms with E-state index in [1.165, 1.54) is 0 Å². The zero-order valence-electron chi connectivity index (χ0n) is 14.4. The highest BCUT2D eigenvalue weighted by Gasteiger charge is 2.06. The van der Waals surface area contributed by atoms with E-state index in [4.69, 9.17) is 0 Å². The molecule has 0 amide bonds. The predicted molar refractivity (Wildman–Crippen MR) is 116 cm³/mol. The van der Waals surface area contributed by atoms with Crippen molar-refractivity contribution in [3.63, 3.8) is 0 Å². The lowest BCUT2D eigenvalue weighted by Crippen LogP contribution is -1.93. The van der Waals surface area contributed by atoms with Gasteiger partial charge in [-0.15, -0.1) is 0 Å². The van der Waals surface area contributed by atoms with Gasteiger partial charge in [0.15, 0.2) is 5.78 Å². The molecule has 4 aromatic rings. The molecule has 3 heteroatoms. The third kappa shape index (κ3) is 3.47. The number of thiocarbonyl (C=S) groups is 1. The lowest BCUT2D eigenvalue weighted by atomic mass is 9.96. The summed E-state index contributed by atoms with van der Waals surface area (Å²) in [4.78, 5) is 16.5. The number of ketones is 1. The number of aliphatic imine (C=N–C) groups is 1. The average molecular weight is 365 g/mol. The summed E-state index contributed by atoms with van der Waals surface area (Å²) in [7, 11) is 0. The highest BCUT2D eigenvalue weighted by atomic mass is 32.1. The lowest BCUT2D eigenvalue weighted by molar-refractivity contribution is 0.104. The lowest BCUT2D eigenvalue weighted by Gasteiger charge is -2.08. The minimum absolute atomic E-state index is 0.0510. The molecule has 0 aliphatic carbocycles. The van der Waals surface area contributed by atoms with Gasteiger partial charge in [-0.2, -0.15) is 4.99 Å². The van der Waals surface area contributed by atoms with E-state index in [1.807, 2.05) is 30.3 Å². The first-order valence-corrected chi connectivity index (χ1v) is 8.98. The third-order valence-corrected chi connectivity index (χ3v) is 4.63. The van der Waals surface area contributed by atoms with Crippen molar-refractivity contribution in [1.29, 1.82) is 0 Å². The average Bonchev–Trinajstić information content (AvgIpc) is 2.71. The fourth-order valence-electron chi connectivity index (χ4n) is 3.24. The summed E-state index contributed by atoms with van der Waals surface area (Å²) < 4.78 is 0. The normalized spacial score (nSPS) is 11.0. The quantitative estimate of drug-likeness (QED) is 0.134. The van der Waals surface area contributed by atoms with Crippen LogP contribution in [0.3, 0.4) is 0 Å². The summed E-state index contributed by atoms with van der Waals surface area (Å²) in [6.07, 6.45) is 3.54. The minimum atomic E-state index is -0.0510. The van der Waals surface area contributed by atoms with Gasteiger partial charge < -0.3 is 0 Å². The van der Waals surface area contributed by atoms with Crippen LogP contribution in [-0.4, -0.2) is 10.9 Å². The number of hydrogen-bond donors (Lipinski definition) is 0. The van der Waals surface area contributed by atoms with Gasteiger partial charge in [-0.25, -0.2) is 0 Å². The van der Waals surface area contributed by atoms with Gasteiger partial charge in [0.2, 0.25) is 0 Å². The number of rotatable bonds is 4. The van der Waals surface area contributed by atoms with Crippen molar-refractivity contribution >= 4 is 56.5 Å². The maximum Gasteiger partial charge on any atom is 0.185 e. The van der Waals surface area contributed by atoms with Crippen molar-refractivity contribution in [2.24, 2.45) is 4.99 Å². The molecule has 0 atom stereocenters. The number of isothiocyanates is 1. The number of nitrogens with zero attached hydrogens (tertiary/aromatic N) is 1. The standard InChI is InChI=1S/C24H15NOS/c26-24(17-9-11-20(12-10-17)25-16-27)14-13-23-21-7-3-1-5-18(21)15-19-6-2-4-8-22(19)23/h1-15H/b14-13+. The van der Waals surface area contributed by atoms with Crippen molar-refractivity contribution in [3.8, 4) is 0 Å². The molecule has 0 radical (unpaired) electrons. The van der Waals surface area contributed by atoms with Crippen LogP contribution in [0.15, 0.2) is 89.9 Å². The molecule has 0 aromatic heterocycles. The van der Waals surface area contributed by atoms with E-state index in [0.717, 1.165) is 27.1 Å². The van der Waals surface area contributed by atoms with Crippen molar-refractivity contribution in [2.45, 2.75) is 0 Å². The Morgan fingerprint density at radius 1 is 0.852 bits per heavy atom. The Kier molecular flexibility index (Phi) is 4.71. The van der Waals surface area contributed by atoms with E-state index in [-0.39, 0.29) is 5.78 Å². The zero-order valence-corrected chi connectivity index (χ0v) is 15.2. The van der Waals surface area contributed by atoms with Crippen molar-refractivity contribution < 1.29 is 4.79 Å². The summed E-state index contributed by atoms with van der Waals surface area (Å²) in [6.45, 7) is 0. The van der Waals surface area contributed by atoms with E-state index >= 15 is 0 Å². The van der Waals surface area contributed by atoms with E-state index in [9.17, 15) is 4.79 Å². The molecule has 0 saturated carbocycles. The Morgan fingerprint density at radius 2 is 1.44 bits per heavy atom. The summed E-state index contributed by atoms with van der Waals surface area (Å²) in [6, 6.07) is 25.7. The zero-order chi connectivity index (χ0) is 18.6. The van der Waals surface area contributed by atoms with Gasteiger partial charge in [0.05, 0.1) is 10.8 Å². The Balaban J connectivity index is 1.77. The molecule has 0 aliphatic rings. The predicted octanol–water partition coefficient (Wildman–Crippen LogP) is 6.62. The second-order valence-corrected chi connectivity index (χ2v) is 6.36. The highest BCUT2D eigenvalue weighted by molar-refractivity contribution is 7.78. The van der Waals surface area contributed by atoms with E-state index in [0.29, 0.717) is 11.3 Å². The molecule has 0 fully saturated rings. The first kappa shape index (κ1) is 17.0. The molecule has 0 saturated heterocycles. The maximum atomic E-state index is 12.6. The highest BCUT2D eigenvalue weighted by Crippen LogP contribution is 2.29. The molecule has 4 rings (SSSR count). The van der Waals surface area contributed by atoms with E-state index in [1.54, 1.807) is 30.3 Å². The summed E-state index contributed by atoms with van der Waals surface area (Å²) >= 11 is 4.60. The first-order chi connectivity index (χ1) is 13.3. The molecule has 0 spiro atoms. The van der Waals surface area contributed by atoms with Crippen LogP contribution in [0.1, 0.15) is 15.9 Å². The Bertz CT molecular complexity index is 1180. The molecule has 2 nitrogen and oxygen atoms in total. The molecule has 0 heterocycles. The summed E-state index contributed by atoms with van der Waals surface area (Å²) in [5.41, 5.74) is 2.35. The topological polar surface area (TPSA) is 29.4 Å². The molecule has 4 aromatic carbocycles. The SMILES string of the molecule is O=C(/C=C/c1c2ccccc2cc2ccccc12)c1ccc(N=C=S)cc1. The number of carbonyl (C=O) groups is 1. The molecule has 0 bridgehead atoms. The van der Waals surface area contributed by atoms with Gasteiger partial charge in [-0.1, -0.05) is 48.5 Å². The maximum absolute atomic E-state index is 12.6. The Morgan fingerprint density at radius 3 is 2.04 bits per heavy atom. The van der Waals surface area contributed by atoms with Crippen LogP contribution >= 0.6 is 12.2 Å². The van der Waals surface area contributed by atoms with Crippen molar-refractivity contribution in [2.75, 3.05) is 0 Å². The summed E-state index contributed by atoms with van der Waals surface area (Å²) in [5.74, 6) is -0.0510. The van der Waals surface area contributed by atoms with Gasteiger partial charge >= 0.3 is 0 Å². The minimum Gasteiger partial charge on any atom is -0.289 e. The largest absolute Gasteiger partial charge is 0.289 e. The van der Waals surface area contributed by atoms with Crippen LogP contribution in [0.5, 0.6) is 0 Å². The number of allylic oxidation sites excluding steroid dienone is 1. The molecule has 27 heavy (non-hydrogen) atoms. The molecular formula is C24H15NOS. The second kappa shape index (κ2) is 7.46. The van der Waals surface area contributed by atoms with Gasteiger partial charge in [0.25, 0.3) is 0 Å². The van der Waals surface area contributed by atoms with Crippen molar-refractivity contribution in [1.82, 2.24) is 0 Å². The number of benzene rings is 4. The molecule has 128 valence electrons. The van der Waals surface area contributed by atoms with Crippen molar-refractivity contribution in [3.05, 3.63) is 96.1 Å². The monoisotopic (exact) mass is 365 g/mol. The smallest absolute Gasteiger partial charge is 0.185 e. The molecule has 0 N–H and O–H groups in total. The van der Waals surface area contributed by atoms with Gasteiger partial charge in [0.1, 0.15) is 0 Å². The van der Waals surface area contributed by atoms with Crippen LogP contribution in [-0.2, 0) is 0 Å². The molecule has 0 unspecified atom stereocenters. The third-order valence-electron chi connectivity index (χ3n) is 4.54. The summed E-state index contributed by atoms with van der Waals surface area (Å²) in [5, 5.41) is 6.90. The molecular weight excluding hydrogens is 350 g/mol. The fraction of sp³-hybridized carbons (Fsp3) is 0. The molecule has 0 aliphatic heterocycles. The van der Waals surface area contributed by atoms with Gasteiger partial charge in [-0.05, 0) is 81.8 Å². The number of hydrogen-bond acceptors (Lipinski definition) is 3. The van der Waals surface area contributed by atoms with E-state index in [2.05, 4.69) is 52.7 Å². The Labute approximate surface area is 162 Å². The van der Waals surface area contributed by atoms with Crippen LogP contribution in [0.4, 0.5) is 5.69 Å². The van der Waals surface area contributed by atoms with E-state index < -0.39 is 0 Å². The van der Waals surface area contributed by atoms with Gasteiger partial charge in [-0.3, -0.25) is 4.79 Å². The fourth-order valence-corrected chi connectivity index (χ4v) is 3.34. The van der Waals surface area contributed by atoms with Gasteiger partial charge in [0, 0.05) is 5.56 Å². The van der Waals surface area contributed by atoms with Crippen LogP contribution in [0, 0.1) is 0 Å². The van der Waals surface area contributed by atoms with Crippen LogP contribution in [0.2, 0.25) is 0 Å². The Hall–Kier alpha value is -3.39. The second-order valence-electron chi connectivity index (χ2n) is 6.18.